The van der Waals surface area contributed by atoms with Crippen molar-refractivity contribution in [1.29, 1.82) is 0 Å². The molecular formula is C13H20N4O2. The van der Waals surface area contributed by atoms with Crippen LogP contribution in [0.5, 0.6) is 0 Å². The monoisotopic (exact) mass is 264 g/mol. The van der Waals surface area contributed by atoms with E-state index in [-0.39, 0.29) is 5.69 Å². The second-order valence-electron chi connectivity index (χ2n) is 4.89. The lowest BCUT2D eigenvalue weighted by molar-refractivity contribution is 0.0691. The maximum Gasteiger partial charge on any atom is 0.358 e. The van der Waals surface area contributed by atoms with E-state index in [4.69, 9.17) is 5.11 Å². The summed E-state index contributed by atoms with van der Waals surface area (Å²) in [6.07, 6.45) is 6.69. The van der Waals surface area contributed by atoms with E-state index in [9.17, 15) is 4.79 Å². The molecule has 6 nitrogen and oxygen atoms in total. The Balaban J connectivity index is 1.92. The largest absolute Gasteiger partial charge is 0.476 e. The first-order chi connectivity index (χ1) is 9.18. The number of likely N-dealkylation sites (tertiary alicyclic amines) is 1. The van der Waals surface area contributed by atoms with Crippen molar-refractivity contribution in [1.82, 2.24) is 14.9 Å². The zero-order chi connectivity index (χ0) is 13.7. The molecule has 0 amide bonds. The van der Waals surface area contributed by atoms with Gasteiger partial charge in [0, 0.05) is 25.0 Å². The van der Waals surface area contributed by atoms with E-state index in [1.54, 1.807) is 0 Å². The van der Waals surface area contributed by atoms with Gasteiger partial charge in [0.1, 0.15) is 0 Å². The molecule has 0 spiro atoms. The number of hydrogen-bond donors (Lipinski definition) is 2. The first-order valence-corrected chi connectivity index (χ1v) is 6.70. The lowest BCUT2D eigenvalue weighted by atomic mass is 10.1. The number of nitrogens with zero attached hydrogens (tertiary/aromatic N) is 3. The Morgan fingerprint density at radius 3 is 2.74 bits per heavy atom. The van der Waals surface area contributed by atoms with Crippen LogP contribution in [0.15, 0.2) is 12.4 Å². The average Bonchev–Trinajstić information content (AvgIpc) is 2.46. The van der Waals surface area contributed by atoms with Gasteiger partial charge in [-0.2, -0.15) is 0 Å². The van der Waals surface area contributed by atoms with Crippen molar-refractivity contribution in [3.63, 3.8) is 0 Å². The van der Waals surface area contributed by atoms with E-state index < -0.39 is 5.97 Å². The van der Waals surface area contributed by atoms with Gasteiger partial charge in [-0.1, -0.05) is 6.42 Å². The zero-order valence-corrected chi connectivity index (χ0v) is 11.2. The molecule has 0 bridgehead atoms. The molecule has 1 aromatic rings. The Morgan fingerprint density at radius 2 is 2.05 bits per heavy atom. The highest BCUT2D eigenvalue weighted by Gasteiger charge is 2.18. The lowest BCUT2D eigenvalue weighted by Gasteiger charge is -2.32. The van der Waals surface area contributed by atoms with Gasteiger partial charge in [0.15, 0.2) is 11.5 Å². The number of carbonyl (C=O) groups is 1. The van der Waals surface area contributed by atoms with Crippen LogP contribution < -0.4 is 5.32 Å². The average molecular weight is 264 g/mol. The summed E-state index contributed by atoms with van der Waals surface area (Å²) in [5.74, 6) is -0.708. The third-order valence-corrected chi connectivity index (χ3v) is 3.48. The predicted molar refractivity (Wildman–Crippen MR) is 72.4 cm³/mol. The molecule has 19 heavy (non-hydrogen) atoms. The Bertz CT molecular complexity index is 432. The van der Waals surface area contributed by atoms with Crippen LogP contribution in [-0.4, -0.2) is 51.6 Å². The summed E-state index contributed by atoms with van der Waals surface area (Å²) in [5, 5.41) is 12.1. The van der Waals surface area contributed by atoms with Crippen molar-refractivity contribution in [2.75, 3.05) is 25.0 Å². The van der Waals surface area contributed by atoms with Crippen LogP contribution in [0.25, 0.3) is 0 Å². The van der Waals surface area contributed by atoms with E-state index in [0.29, 0.717) is 18.4 Å². The molecule has 1 atom stereocenters. The Morgan fingerprint density at radius 1 is 1.37 bits per heavy atom. The topological polar surface area (TPSA) is 78.3 Å². The number of hydrogen-bond acceptors (Lipinski definition) is 5. The minimum absolute atomic E-state index is 0.0201. The summed E-state index contributed by atoms with van der Waals surface area (Å²) in [4.78, 5) is 21.3. The van der Waals surface area contributed by atoms with Gasteiger partial charge in [-0.05, 0) is 32.9 Å². The smallest absolute Gasteiger partial charge is 0.358 e. The predicted octanol–water partition coefficient (Wildman–Crippen LogP) is 1.46. The van der Waals surface area contributed by atoms with Crippen LogP contribution in [0.2, 0.25) is 0 Å². The highest BCUT2D eigenvalue weighted by Crippen LogP contribution is 2.13. The molecule has 0 aromatic carbocycles. The van der Waals surface area contributed by atoms with E-state index >= 15 is 0 Å². The quantitative estimate of drug-likeness (QED) is 0.838. The van der Waals surface area contributed by atoms with Gasteiger partial charge in [-0.15, -0.1) is 0 Å². The number of carboxylic acid groups (broad SMARTS) is 1. The van der Waals surface area contributed by atoms with Crippen molar-refractivity contribution in [3.05, 3.63) is 18.1 Å². The number of rotatable bonds is 5. The van der Waals surface area contributed by atoms with Gasteiger partial charge < -0.3 is 10.4 Å². The Labute approximate surface area is 112 Å². The lowest BCUT2D eigenvalue weighted by Crippen LogP contribution is -2.41. The van der Waals surface area contributed by atoms with Crippen LogP contribution in [-0.2, 0) is 0 Å². The number of piperidine rings is 1. The molecule has 1 saturated heterocycles. The number of nitrogens with one attached hydrogen (secondary N) is 1. The first kappa shape index (κ1) is 13.7. The summed E-state index contributed by atoms with van der Waals surface area (Å²) in [7, 11) is 0. The van der Waals surface area contributed by atoms with E-state index in [1.807, 2.05) is 0 Å². The van der Waals surface area contributed by atoms with Crippen molar-refractivity contribution in [2.24, 2.45) is 0 Å². The van der Waals surface area contributed by atoms with E-state index in [0.717, 1.165) is 13.1 Å². The molecule has 2 N–H and O–H groups in total. The molecule has 0 radical (unpaired) electrons. The van der Waals surface area contributed by atoms with Crippen LogP contribution in [0.4, 0.5) is 5.82 Å². The molecule has 0 aliphatic carbocycles. The normalized spacial score (nSPS) is 17.9. The highest BCUT2D eigenvalue weighted by atomic mass is 16.4. The summed E-state index contributed by atoms with van der Waals surface area (Å²) >= 11 is 0. The maximum atomic E-state index is 11.0. The van der Waals surface area contributed by atoms with Gasteiger partial charge in [0.25, 0.3) is 0 Å². The zero-order valence-electron chi connectivity index (χ0n) is 11.2. The molecule has 6 heteroatoms. The summed E-state index contributed by atoms with van der Waals surface area (Å²) in [5.41, 5.74) is -0.0201. The fourth-order valence-electron chi connectivity index (χ4n) is 2.36. The van der Waals surface area contributed by atoms with Crippen LogP contribution in [0, 0.1) is 0 Å². The molecule has 2 rings (SSSR count). The standard InChI is InChI=1S/C13H20N4O2/c1-10(17-7-3-2-4-8-17)9-16-12-11(13(18)19)14-5-6-15-12/h5-6,10H,2-4,7-9H2,1H3,(H,15,16)(H,18,19). The van der Waals surface area contributed by atoms with Crippen LogP contribution in [0.1, 0.15) is 36.7 Å². The molecule has 104 valence electrons. The molecule has 1 unspecified atom stereocenters. The SMILES string of the molecule is CC(CNc1nccnc1C(=O)O)N1CCCCC1. The Kier molecular flexibility index (Phi) is 4.68. The second kappa shape index (κ2) is 6.47. The minimum atomic E-state index is -1.05. The van der Waals surface area contributed by atoms with E-state index in [2.05, 4.69) is 27.1 Å². The number of aromatic nitrogens is 2. The van der Waals surface area contributed by atoms with Gasteiger partial charge >= 0.3 is 5.97 Å². The second-order valence-corrected chi connectivity index (χ2v) is 4.89. The van der Waals surface area contributed by atoms with Gasteiger partial charge in [0.05, 0.1) is 0 Å². The highest BCUT2D eigenvalue weighted by molar-refractivity contribution is 5.90. The summed E-state index contributed by atoms with van der Waals surface area (Å²) < 4.78 is 0. The maximum absolute atomic E-state index is 11.0. The van der Waals surface area contributed by atoms with Gasteiger partial charge in [-0.3, -0.25) is 4.90 Å². The molecule has 1 aliphatic rings. The van der Waals surface area contributed by atoms with Crippen LogP contribution in [0.3, 0.4) is 0 Å². The third kappa shape index (κ3) is 3.64. The van der Waals surface area contributed by atoms with Crippen molar-refractivity contribution in [3.8, 4) is 0 Å². The van der Waals surface area contributed by atoms with Crippen molar-refractivity contribution >= 4 is 11.8 Å². The van der Waals surface area contributed by atoms with Crippen molar-refractivity contribution in [2.45, 2.75) is 32.2 Å². The summed E-state index contributed by atoms with van der Waals surface area (Å²) in [6, 6.07) is 0.365. The van der Waals surface area contributed by atoms with Crippen molar-refractivity contribution < 1.29 is 9.90 Å². The third-order valence-electron chi connectivity index (χ3n) is 3.48. The minimum Gasteiger partial charge on any atom is -0.476 e. The summed E-state index contributed by atoms with van der Waals surface area (Å²) in [6.45, 7) is 5.07. The number of anilines is 1. The molecular weight excluding hydrogens is 244 g/mol. The number of carboxylic acids is 1. The fourth-order valence-corrected chi connectivity index (χ4v) is 2.36. The van der Waals surface area contributed by atoms with Gasteiger partial charge in [0.2, 0.25) is 0 Å². The molecule has 1 aromatic heterocycles. The number of aromatic carboxylic acids is 1. The van der Waals surface area contributed by atoms with Crippen LogP contribution >= 0.6 is 0 Å². The van der Waals surface area contributed by atoms with Gasteiger partial charge in [-0.25, -0.2) is 14.8 Å². The molecule has 1 fully saturated rings. The molecule has 2 heterocycles. The van der Waals surface area contributed by atoms with E-state index in [1.165, 1.54) is 31.7 Å². The Hall–Kier alpha value is -1.69. The molecule has 0 saturated carbocycles. The fraction of sp³-hybridized carbons (Fsp3) is 0.615. The molecule has 1 aliphatic heterocycles. The first-order valence-electron chi connectivity index (χ1n) is 6.70.